The summed E-state index contributed by atoms with van der Waals surface area (Å²) in [5.74, 6) is 0.684. The van der Waals surface area contributed by atoms with Gasteiger partial charge in [-0.15, -0.1) is 0 Å². The van der Waals surface area contributed by atoms with Gasteiger partial charge in [0, 0.05) is 30.4 Å². The van der Waals surface area contributed by atoms with Crippen LogP contribution in [0.25, 0.3) is 0 Å². The van der Waals surface area contributed by atoms with Crippen molar-refractivity contribution in [2.24, 2.45) is 5.92 Å². The zero-order valence-corrected chi connectivity index (χ0v) is 11.0. The molecule has 0 radical (unpaired) electrons. The Kier molecular flexibility index (Phi) is 3.38. The van der Waals surface area contributed by atoms with Crippen LogP contribution in [0.1, 0.15) is 51.4 Å². The average molecular weight is 220 g/mol. The second kappa shape index (κ2) is 4.62. The van der Waals surface area contributed by atoms with Crippen molar-refractivity contribution in [3.05, 3.63) is 23.5 Å². The van der Waals surface area contributed by atoms with Gasteiger partial charge in [-0.3, -0.25) is 4.90 Å². The molecule has 16 heavy (non-hydrogen) atoms. The number of fused-ring (bicyclic) bond motifs is 1. The molecule has 2 atom stereocenters. The Morgan fingerprint density at radius 2 is 2.25 bits per heavy atom. The minimum Gasteiger partial charge on any atom is -0.365 e. The van der Waals surface area contributed by atoms with Crippen LogP contribution < -0.4 is 0 Å². The molecule has 0 unspecified atom stereocenters. The highest BCUT2D eigenvalue weighted by Gasteiger charge is 2.33. The second-order valence-corrected chi connectivity index (χ2v) is 5.39. The maximum absolute atomic E-state index is 3.41. The van der Waals surface area contributed by atoms with E-state index in [1.807, 2.05) is 0 Å². The number of aromatic amines is 1. The molecule has 0 aliphatic carbocycles. The number of rotatable bonds is 3. The van der Waals surface area contributed by atoms with Crippen molar-refractivity contribution in [2.75, 3.05) is 6.54 Å². The first-order valence-electron chi connectivity index (χ1n) is 6.57. The zero-order chi connectivity index (χ0) is 11.7. The van der Waals surface area contributed by atoms with E-state index in [1.54, 1.807) is 0 Å². The minimum atomic E-state index is 0.602. The standard InChI is InChI=1S/C14H24N2/c1-5-8-16-11(4)9-13-12(6-7-15-13)14(16)10(2)3/h6-7,10-11,14-15H,5,8-9H2,1-4H3/t11-,14-/m0/s1. The predicted molar refractivity (Wildman–Crippen MR) is 68.5 cm³/mol. The summed E-state index contributed by atoms with van der Waals surface area (Å²) in [6, 6.07) is 3.54. The summed E-state index contributed by atoms with van der Waals surface area (Å²) in [5.41, 5.74) is 2.99. The van der Waals surface area contributed by atoms with Crippen molar-refractivity contribution in [3.63, 3.8) is 0 Å². The highest BCUT2D eigenvalue weighted by atomic mass is 15.2. The van der Waals surface area contributed by atoms with Gasteiger partial charge < -0.3 is 4.98 Å². The van der Waals surface area contributed by atoms with Crippen LogP contribution >= 0.6 is 0 Å². The Balaban J connectivity index is 2.33. The summed E-state index contributed by atoms with van der Waals surface area (Å²) < 4.78 is 0. The van der Waals surface area contributed by atoms with Crippen LogP contribution in [0.5, 0.6) is 0 Å². The molecule has 1 N–H and O–H groups in total. The van der Waals surface area contributed by atoms with Gasteiger partial charge in [0.1, 0.15) is 0 Å². The van der Waals surface area contributed by atoms with Crippen molar-refractivity contribution < 1.29 is 0 Å². The van der Waals surface area contributed by atoms with Crippen molar-refractivity contribution in [1.29, 1.82) is 0 Å². The summed E-state index contributed by atoms with van der Waals surface area (Å²) in [6.07, 6.45) is 4.51. The molecule has 90 valence electrons. The predicted octanol–water partition coefficient (Wildman–Crippen LogP) is 3.37. The molecule has 1 aromatic heterocycles. The fraction of sp³-hybridized carbons (Fsp3) is 0.714. The number of aromatic nitrogens is 1. The van der Waals surface area contributed by atoms with Gasteiger partial charge in [-0.05, 0) is 37.4 Å². The Hall–Kier alpha value is -0.760. The molecule has 0 spiro atoms. The Labute approximate surface area is 99.0 Å². The van der Waals surface area contributed by atoms with Crippen molar-refractivity contribution in [2.45, 2.75) is 52.6 Å². The van der Waals surface area contributed by atoms with Crippen LogP contribution in [0.3, 0.4) is 0 Å². The Morgan fingerprint density at radius 1 is 1.50 bits per heavy atom. The highest BCUT2D eigenvalue weighted by molar-refractivity contribution is 5.28. The lowest BCUT2D eigenvalue weighted by Crippen LogP contribution is -2.44. The van der Waals surface area contributed by atoms with E-state index in [0.717, 1.165) is 0 Å². The lowest BCUT2D eigenvalue weighted by Gasteiger charge is -2.42. The molecule has 1 aromatic rings. The number of nitrogens with zero attached hydrogens (tertiary/aromatic N) is 1. The maximum Gasteiger partial charge on any atom is 0.0391 e. The summed E-state index contributed by atoms with van der Waals surface area (Å²) in [5, 5.41) is 0. The molecule has 1 aliphatic heterocycles. The highest BCUT2D eigenvalue weighted by Crippen LogP contribution is 2.37. The van der Waals surface area contributed by atoms with E-state index >= 15 is 0 Å². The van der Waals surface area contributed by atoms with E-state index in [-0.39, 0.29) is 0 Å². The smallest absolute Gasteiger partial charge is 0.0391 e. The van der Waals surface area contributed by atoms with Gasteiger partial charge in [-0.25, -0.2) is 0 Å². The molecule has 2 heteroatoms. The van der Waals surface area contributed by atoms with Gasteiger partial charge >= 0.3 is 0 Å². The average Bonchev–Trinajstić information content (AvgIpc) is 2.65. The van der Waals surface area contributed by atoms with Gasteiger partial charge in [-0.1, -0.05) is 20.8 Å². The summed E-state index contributed by atoms with van der Waals surface area (Å²) in [6.45, 7) is 10.5. The van der Waals surface area contributed by atoms with E-state index in [0.29, 0.717) is 18.0 Å². The monoisotopic (exact) mass is 220 g/mol. The third-order valence-electron chi connectivity index (χ3n) is 3.72. The molecule has 2 rings (SSSR count). The topological polar surface area (TPSA) is 19.0 Å². The number of hydrogen-bond acceptors (Lipinski definition) is 1. The van der Waals surface area contributed by atoms with Crippen LogP contribution in [-0.2, 0) is 6.42 Å². The molecular formula is C14H24N2. The van der Waals surface area contributed by atoms with Gasteiger partial charge in [0.05, 0.1) is 0 Å². The number of H-pyrrole nitrogens is 1. The molecule has 2 heterocycles. The Bertz CT molecular complexity index is 340. The van der Waals surface area contributed by atoms with Gasteiger partial charge in [0.15, 0.2) is 0 Å². The first kappa shape index (κ1) is 11.7. The molecule has 0 fully saturated rings. The largest absolute Gasteiger partial charge is 0.365 e. The lowest BCUT2D eigenvalue weighted by molar-refractivity contribution is 0.0946. The molecule has 2 nitrogen and oxygen atoms in total. The van der Waals surface area contributed by atoms with Gasteiger partial charge in [0.2, 0.25) is 0 Å². The van der Waals surface area contributed by atoms with Crippen molar-refractivity contribution in [1.82, 2.24) is 9.88 Å². The van der Waals surface area contributed by atoms with Crippen LogP contribution in [0, 0.1) is 5.92 Å². The van der Waals surface area contributed by atoms with Gasteiger partial charge in [-0.2, -0.15) is 0 Å². The van der Waals surface area contributed by atoms with Crippen LogP contribution in [-0.4, -0.2) is 22.5 Å². The molecule has 0 saturated heterocycles. The van der Waals surface area contributed by atoms with E-state index in [1.165, 1.54) is 30.6 Å². The molecule has 0 bridgehead atoms. The van der Waals surface area contributed by atoms with E-state index < -0.39 is 0 Å². The maximum atomic E-state index is 3.41. The first-order chi connectivity index (χ1) is 7.65. The summed E-state index contributed by atoms with van der Waals surface area (Å²) in [4.78, 5) is 6.09. The molecule has 1 aliphatic rings. The van der Waals surface area contributed by atoms with Crippen LogP contribution in [0.15, 0.2) is 12.3 Å². The van der Waals surface area contributed by atoms with Crippen LogP contribution in [0.2, 0.25) is 0 Å². The van der Waals surface area contributed by atoms with E-state index in [9.17, 15) is 0 Å². The van der Waals surface area contributed by atoms with Crippen molar-refractivity contribution >= 4 is 0 Å². The normalized spacial score (nSPS) is 26.1. The second-order valence-electron chi connectivity index (χ2n) is 5.39. The third-order valence-corrected chi connectivity index (χ3v) is 3.72. The quantitative estimate of drug-likeness (QED) is 0.827. The molecule has 0 amide bonds. The third kappa shape index (κ3) is 1.91. The Morgan fingerprint density at radius 3 is 2.88 bits per heavy atom. The zero-order valence-electron chi connectivity index (χ0n) is 11.0. The number of hydrogen-bond donors (Lipinski definition) is 1. The van der Waals surface area contributed by atoms with E-state index in [4.69, 9.17) is 0 Å². The summed E-state index contributed by atoms with van der Waals surface area (Å²) >= 11 is 0. The fourth-order valence-corrected chi connectivity index (χ4v) is 3.10. The van der Waals surface area contributed by atoms with Gasteiger partial charge in [0.25, 0.3) is 0 Å². The number of nitrogens with one attached hydrogen (secondary N) is 1. The van der Waals surface area contributed by atoms with Crippen LogP contribution in [0.4, 0.5) is 0 Å². The fourth-order valence-electron chi connectivity index (χ4n) is 3.10. The van der Waals surface area contributed by atoms with Crippen molar-refractivity contribution in [3.8, 4) is 0 Å². The molecular weight excluding hydrogens is 196 g/mol. The minimum absolute atomic E-state index is 0.602. The summed E-state index contributed by atoms with van der Waals surface area (Å²) in [7, 11) is 0. The molecule has 0 aromatic carbocycles. The first-order valence-corrected chi connectivity index (χ1v) is 6.57. The SMILES string of the molecule is CCCN1[C@@H](C(C)C)c2cc[nH]c2C[C@@H]1C. The molecule has 0 saturated carbocycles. The van der Waals surface area contributed by atoms with E-state index in [2.05, 4.69) is 49.8 Å². The lowest BCUT2D eigenvalue weighted by atomic mass is 9.87.